The van der Waals surface area contributed by atoms with E-state index in [2.05, 4.69) is 16.5 Å². The number of aromatic nitrogens is 2. The number of ether oxygens (including phenoxy) is 1. The summed E-state index contributed by atoms with van der Waals surface area (Å²) in [5, 5.41) is 9.32. The lowest BCUT2D eigenvalue weighted by Gasteiger charge is -2.15. The molecule has 24 heavy (non-hydrogen) atoms. The van der Waals surface area contributed by atoms with Crippen LogP contribution >= 0.6 is 0 Å². The molecule has 1 heterocycles. The molecule has 0 bridgehead atoms. The molecule has 1 aromatic heterocycles. The van der Waals surface area contributed by atoms with Crippen LogP contribution in [0.1, 0.15) is 22.3 Å². The molecule has 0 radical (unpaired) electrons. The Morgan fingerprint density at radius 2 is 2.00 bits per heavy atom. The van der Waals surface area contributed by atoms with Crippen LogP contribution in [0.4, 0.5) is 13.2 Å². The van der Waals surface area contributed by atoms with Gasteiger partial charge in [0.25, 0.3) is 0 Å². The summed E-state index contributed by atoms with van der Waals surface area (Å²) >= 11 is 0. The lowest BCUT2D eigenvalue weighted by molar-refractivity contribution is -0.209. The van der Waals surface area contributed by atoms with E-state index in [9.17, 15) is 23.1 Å². The minimum atomic E-state index is -4.92. The van der Waals surface area contributed by atoms with Gasteiger partial charge in [0, 0.05) is 11.8 Å². The molecule has 5 nitrogen and oxygen atoms in total. The third-order valence-corrected chi connectivity index (χ3v) is 2.96. The first-order chi connectivity index (χ1) is 11.3. The fourth-order valence-corrected chi connectivity index (χ4v) is 1.85. The molecular weight excluding hydrogens is 325 g/mol. The van der Waals surface area contributed by atoms with Crippen molar-refractivity contribution in [1.29, 1.82) is 0 Å². The number of carbonyl (C=O) groups is 1. The third kappa shape index (κ3) is 3.96. The number of benzene rings is 1. The average Bonchev–Trinajstić information content (AvgIpc) is 2.58. The molecule has 0 amide bonds. The topological polar surface area (TPSA) is 72.3 Å². The van der Waals surface area contributed by atoms with E-state index < -0.39 is 24.1 Å². The summed E-state index contributed by atoms with van der Waals surface area (Å²) in [6.07, 6.45) is -5.51. The van der Waals surface area contributed by atoms with Gasteiger partial charge in [-0.25, -0.2) is 14.8 Å². The van der Waals surface area contributed by atoms with Gasteiger partial charge < -0.3 is 9.84 Å². The van der Waals surface area contributed by atoms with Crippen LogP contribution in [-0.2, 0) is 4.74 Å². The van der Waals surface area contributed by atoms with Crippen molar-refractivity contribution in [2.45, 2.75) is 12.3 Å². The summed E-state index contributed by atoms with van der Waals surface area (Å²) < 4.78 is 42.9. The molecule has 0 aliphatic carbocycles. The lowest BCUT2D eigenvalue weighted by atomic mass is 10.1. The maximum Gasteiger partial charge on any atom is 0.421 e. The van der Waals surface area contributed by atoms with Crippen LogP contribution in [0.2, 0.25) is 0 Å². The van der Waals surface area contributed by atoms with Crippen molar-refractivity contribution >= 4 is 5.97 Å². The molecule has 2 rings (SSSR count). The van der Waals surface area contributed by atoms with Gasteiger partial charge >= 0.3 is 12.1 Å². The fourth-order valence-electron chi connectivity index (χ4n) is 1.85. The molecule has 8 heteroatoms. The molecule has 0 saturated heterocycles. The molecule has 0 fully saturated rings. The Morgan fingerprint density at radius 1 is 1.33 bits per heavy atom. The van der Waals surface area contributed by atoms with Crippen molar-refractivity contribution in [3.63, 3.8) is 0 Å². The molecule has 0 aliphatic heterocycles. The zero-order valence-corrected chi connectivity index (χ0v) is 12.3. The van der Waals surface area contributed by atoms with Gasteiger partial charge in [0.05, 0.1) is 5.69 Å². The van der Waals surface area contributed by atoms with Crippen molar-refractivity contribution < 1.29 is 27.8 Å². The van der Waals surface area contributed by atoms with Crippen molar-refractivity contribution in [3.8, 4) is 11.3 Å². The van der Waals surface area contributed by atoms with Gasteiger partial charge in [-0.1, -0.05) is 43.0 Å². The van der Waals surface area contributed by atoms with E-state index in [0.717, 1.165) is 6.20 Å². The van der Waals surface area contributed by atoms with Crippen LogP contribution in [-0.4, -0.2) is 33.8 Å². The number of aliphatic hydroxyl groups is 1. The first-order valence-electron chi connectivity index (χ1n) is 6.79. The summed E-state index contributed by atoms with van der Waals surface area (Å²) in [6.45, 7) is 3.34. The molecule has 1 N–H and O–H groups in total. The van der Waals surface area contributed by atoms with Gasteiger partial charge in [0.1, 0.15) is 12.2 Å². The fraction of sp³-hybridized carbons (Fsp3) is 0.188. The smallest absolute Gasteiger partial charge is 0.421 e. The van der Waals surface area contributed by atoms with Crippen LogP contribution in [0.25, 0.3) is 11.3 Å². The Balaban J connectivity index is 2.52. The van der Waals surface area contributed by atoms with Crippen LogP contribution in [0, 0.1) is 0 Å². The predicted octanol–water partition coefficient (Wildman–Crippen LogP) is 3.08. The molecule has 0 saturated carbocycles. The Hall–Kier alpha value is -2.74. The van der Waals surface area contributed by atoms with Crippen LogP contribution in [0.5, 0.6) is 0 Å². The van der Waals surface area contributed by atoms with Crippen LogP contribution in [0.15, 0.2) is 49.2 Å². The summed E-state index contributed by atoms with van der Waals surface area (Å²) in [5.74, 6) is -1.65. The van der Waals surface area contributed by atoms with Crippen molar-refractivity contribution in [2.75, 3.05) is 6.61 Å². The number of nitrogens with zero attached hydrogens (tertiary/aromatic N) is 2. The Kier molecular flexibility index (Phi) is 5.30. The van der Waals surface area contributed by atoms with Crippen LogP contribution < -0.4 is 0 Å². The molecule has 1 aromatic carbocycles. The zero-order chi connectivity index (χ0) is 17.7. The highest BCUT2D eigenvalue weighted by molar-refractivity contribution is 5.95. The number of hydrogen-bond acceptors (Lipinski definition) is 5. The second kappa shape index (κ2) is 7.22. The van der Waals surface area contributed by atoms with E-state index >= 15 is 0 Å². The first-order valence-corrected chi connectivity index (χ1v) is 6.79. The first kappa shape index (κ1) is 17.6. The number of carbonyl (C=O) groups excluding carboxylic acids is 1. The maximum absolute atomic E-state index is 12.7. The largest absolute Gasteiger partial charge is 0.458 e. The van der Waals surface area contributed by atoms with Gasteiger partial charge in [-0.05, 0) is 0 Å². The Labute approximate surface area is 135 Å². The SMILES string of the molecule is C=CCOC(=O)c1cnc(C(O)C(F)(F)F)nc1-c1ccccc1. The number of hydrogen-bond donors (Lipinski definition) is 1. The van der Waals surface area contributed by atoms with Crippen LogP contribution in [0.3, 0.4) is 0 Å². The number of alkyl halides is 3. The van der Waals surface area contributed by atoms with Crippen molar-refractivity contribution in [1.82, 2.24) is 9.97 Å². The minimum Gasteiger partial charge on any atom is -0.458 e. The van der Waals surface area contributed by atoms with Gasteiger partial charge in [0.2, 0.25) is 6.10 Å². The van der Waals surface area contributed by atoms with Crippen molar-refractivity contribution in [3.05, 3.63) is 60.6 Å². The quantitative estimate of drug-likeness (QED) is 0.670. The van der Waals surface area contributed by atoms with Gasteiger partial charge in [-0.15, -0.1) is 0 Å². The molecule has 0 spiro atoms. The summed E-state index contributed by atoms with van der Waals surface area (Å²) in [6, 6.07) is 8.10. The van der Waals surface area contributed by atoms with Gasteiger partial charge in [-0.2, -0.15) is 13.2 Å². The van der Waals surface area contributed by atoms with Gasteiger partial charge in [0.15, 0.2) is 5.82 Å². The second-order valence-corrected chi connectivity index (χ2v) is 4.69. The molecule has 126 valence electrons. The number of esters is 1. The highest BCUT2D eigenvalue weighted by atomic mass is 19.4. The summed E-state index contributed by atoms with van der Waals surface area (Å²) in [7, 11) is 0. The normalized spacial score (nSPS) is 12.5. The second-order valence-electron chi connectivity index (χ2n) is 4.69. The monoisotopic (exact) mass is 338 g/mol. The highest BCUT2D eigenvalue weighted by Gasteiger charge is 2.42. The van der Waals surface area contributed by atoms with E-state index in [-0.39, 0.29) is 17.9 Å². The number of aliphatic hydroxyl groups excluding tert-OH is 1. The standard InChI is InChI=1S/C16H13F3N2O3/c1-2-8-24-15(23)11-9-20-14(13(22)16(17,18)19)21-12(11)10-6-4-3-5-7-10/h2-7,9,13,22H,1,8H2. The van der Waals surface area contributed by atoms with E-state index in [1.807, 2.05) is 0 Å². The van der Waals surface area contributed by atoms with E-state index in [4.69, 9.17) is 4.74 Å². The molecule has 1 atom stereocenters. The van der Waals surface area contributed by atoms with Gasteiger partial charge in [-0.3, -0.25) is 0 Å². The maximum atomic E-state index is 12.7. The van der Waals surface area contributed by atoms with E-state index in [0.29, 0.717) is 5.56 Å². The predicted molar refractivity (Wildman–Crippen MR) is 79.0 cm³/mol. The summed E-state index contributed by atoms with van der Waals surface area (Å²) in [4.78, 5) is 19.2. The number of rotatable bonds is 5. The molecule has 1 unspecified atom stereocenters. The number of halogens is 3. The van der Waals surface area contributed by atoms with E-state index in [1.54, 1.807) is 30.3 Å². The lowest BCUT2D eigenvalue weighted by Crippen LogP contribution is -2.23. The Bertz CT molecular complexity index is 733. The zero-order valence-electron chi connectivity index (χ0n) is 12.3. The highest BCUT2D eigenvalue weighted by Crippen LogP contribution is 2.32. The molecule has 0 aliphatic rings. The summed E-state index contributed by atoms with van der Waals surface area (Å²) in [5.41, 5.74) is 0.222. The average molecular weight is 338 g/mol. The Morgan fingerprint density at radius 3 is 2.58 bits per heavy atom. The third-order valence-electron chi connectivity index (χ3n) is 2.96. The molecular formula is C16H13F3N2O3. The minimum absolute atomic E-state index is 0.0574. The van der Waals surface area contributed by atoms with E-state index in [1.165, 1.54) is 6.08 Å². The molecule has 2 aromatic rings. The van der Waals surface area contributed by atoms with Crippen molar-refractivity contribution in [2.24, 2.45) is 0 Å².